The highest BCUT2D eigenvalue weighted by atomic mass is 31.2. The van der Waals surface area contributed by atoms with Crippen molar-refractivity contribution in [2.45, 2.75) is 85.4 Å². The van der Waals surface area contributed by atoms with Crippen LogP contribution in [0.2, 0.25) is 0 Å². The van der Waals surface area contributed by atoms with Gasteiger partial charge in [0.05, 0.1) is 19.1 Å². The van der Waals surface area contributed by atoms with Gasteiger partial charge in [-0.1, -0.05) is 19.9 Å². The first-order valence-electron chi connectivity index (χ1n) is 10.5. The summed E-state index contributed by atoms with van der Waals surface area (Å²) in [5.41, 5.74) is -0.670. The van der Waals surface area contributed by atoms with Crippen LogP contribution in [-0.2, 0) is 18.3 Å². The number of nitro groups is 1. The van der Waals surface area contributed by atoms with Crippen molar-refractivity contribution in [2.75, 3.05) is 13.2 Å². The number of nitrogens with zero attached hydrogens (tertiary/aromatic N) is 1. The zero-order valence-electron chi connectivity index (χ0n) is 19.2. The van der Waals surface area contributed by atoms with Crippen molar-refractivity contribution < 1.29 is 28.1 Å². The van der Waals surface area contributed by atoms with E-state index in [0.29, 0.717) is 11.7 Å². The number of rotatable bonds is 10. The molecule has 1 aliphatic carbocycles. The lowest BCUT2D eigenvalue weighted by Gasteiger charge is -2.34. The first-order valence-corrected chi connectivity index (χ1v) is 12.1. The molecular weight excluding hydrogens is 411 g/mol. The highest BCUT2D eigenvalue weighted by Crippen LogP contribution is 2.59. The zero-order chi connectivity index (χ0) is 23.1. The molecule has 0 radical (unpaired) electrons. The topological polar surface area (TPSA) is 117 Å². The second kappa shape index (κ2) is 11.3. The van der Waals surface area contributed by atoms with Gasteiger partial charge in [0.1, 0.15) is 5.60 Å². The molecule has 0 saturated heterocycles. The highest BCUT2D eigenvalue weighted by molar-refractivity contribution is 7.58. The van der Waals surface area contributed by atoms with Crippen LogP contribution in [0.4, 0.5) is 4.79 Å². The minimum absolute atomic E-state index is 0.0421. The molecule has 0 spiro atoms. The van der Waals surface area contributed by atoms with Gasteiger partial charge in [0.15, 0.2) is 0 Å². The predicted octanol–water partition coefficient (Wildman–Crippen LogP) is 5.13. The van der Waals surface area contributed by atoms with Gasteiger partial charge < -0.3 is 19.1 Å². The summed E-state index contributed by atoms with van der Waals surface area (Å²) < 4.78 is 29.2. The number of carbonyl (C=O) groups is 1. The van der Waals surface area contributed by atoms with E-state index < -0.39 is 37.3 Å². The van der Waals surface area contributed by atoms with Gasteiger partial charge in [0.25, 0.3) is 0 Å². The quantitative estimate of drug-likeness (QED) is 0.280. The van der Waals surface area contributed by atoms with Gasteiger partial charge >= 0.3 is 13.7 Å². The molecule has 0 aromatic carbocycles. The van der Waals surface area contributed by atoms with Crippen molar-refractivity contribution in [1.29, 1.82) is 0 Å². The zero-order valence-corrected chi connectivity index (χ0v) is 20.1. The summed E-state index contributed by atoms with van der Waals surface area (Å²) in [7, 11) is -3.57. The Bertz CT molecular complexity index is 663. The van der Waals surface area contributed by atoms with E-state index in [2.05, 4.69) is 5.32 Å². The Labute approximate surface area is 179 Å². The minimum Gasteiger partial charge on any atom is -0.444 e. The largest absolute Gasteiger partial charge is 0.444 e. The van der Waals surface area contributed by atoms with Crippen molar-refractivity contribution in [1.82, 2.24) is 5.32 Å². The smallest absolute Gasteiger partial charge is 0.407 e. The van der Waals surface area contributed by atoms with Crippen LogP contribution < -0.4 is 5.32 Å². The van der Waals surface area contributed by atoms with Crippen molar-refractivity contribution in [3.8, 4) is 0 Å². The summed E-state index contributed by atoms with van der Waals surface area (Å²) in [6.45, 7) is 13.0. The van der Waals surface area contributed by atoms with Gasteiger partial charge in [0.2, 0.25) is 6.04 Å². The molecule has 0 heterocycles. The first-order chi connectivity index (χ1) is 13.8. The van der Waals surface area contributed by atoms with Crippen LogP contribution in [0.15, 0.2) is 11.4 Å². The molecule has 0 aliphatic heterocycles. The number of allylic oxidation sites excluding steroid dienone is 1. The van der Waals surface area contributed by atoms with Crippen LogP contribution in [0.3, 0.4) is 0 Å². The number of nitrogens with one attached hydrogen (secondary N) is 1. The fraction of sp³-hybridized carbons (Fsp3) is 0.850. The van der Waals surface area contributed by atoms with E-state index in [1.165, 1.54) is 0 Å². The van der Waals surface area contributed by atoms with Gasteiger partial charge in [-0.05, 0) is 53.4 Å². The summed E-state index contributed by atoms with van der Waals surface area (Å²) in [5, 5.41) is 15.1. The normalized spacial score (nSPS) is 21.1. The summed E-state index contributed by atoms with van der Waals surface area (Å²) in [6.07, 6.45) is 1.93. The fourth-order valence-corrected chi connectivity index (χ4v) is 5.44. The third kappa shape index (κ3) is 8.00. The van der Waals surface area contributed by atoms with E-state index in [1.54, 1.807) is 40.7 Å². The number of hydrogen-bond donors (Lipinski definition) is 1. The maximum absolute atomic E-state index is 13.1. The van der Waals surface area contributed by atoms with Crippen LogP contribution >= 0.6 is 7.60 Å². The second-order valence-corrected chi connectivity index (χ2v) is 11.0. The summed E-state index contributed by atoms with van der Waals surface area (Å²) >= 11 is 0. The standard InChI is InChI=1S/C20H37N2O7P/c1-8-27-30(26,28-9-2)15-10-11-16(18(13-15)22(24)25)17(12-14(3)4)21-19(23)29-20(5,6)7/h10,14,16-18H,8-9,11-13H2,1-7H3,(H,21,23)/t16-,17-,18+/m0/s1. The molecule has 174 valence electrons. The van der Waals surface area contributed by atoms with Gasteiger partial charge in [-0.25, -0.2) is 4.79 Å². The van der Waals surface area contributed by atoms with Crippen LogP contribution in [0, 0.1) is 22.0 Å². The van der Waals surface area contributed by atoms with Crippen LogP contribution in [0.5, 0.6) is 0 Å². The molecule has 1 amide bonds. The van der Waals surface area contributed by atoms with Gasteiger partial charge in [-0.3, -0.25) is 14.7 Å². The van der Waals surface area contributed by atoms with E-state index in [0.717, 1.165) is 0 Å². The van der Waals surface area contributed by atoms with Crippen molar-refractivity contribution >= 4 is 13.7 Å². The molecule has 1 N–H and O–H groups in total. The maximum atomic E-state index is 13.1. The molecule has 0 saturated carbocycles. The average Bonchev–Trinajstić information content (AvgIpc) is 2.59. The Kier molecular flexibility index (Phi) is 9.98. The maximum Gasteiger partial charge on any atom is 0.407 e. The van der Waals surface area contributed by atoms with Crippen LogP contribution in [0.1, 0.15) is 67.7 Å². The monoisotopic (exact) mass is 448 g/mol. The Morgan fingerprint density at radius 2 is 1.87 bits per heavy atom. The molecule has 1 rings (SSSR count). The molecule has 0 bridgehead atoms. The van der Waals surface area contributed by atoms with Gasteiger partial charge in [-0.15, -0.1) is 0 Å². The van der Waals surface area contributed by atoms with E-state index in [1.807, 2.05) is 13.8 Å². The average molecular weight is 448 g/mol. The summed E-state index contributed by atoms with van der Waals surface area (Å²) in [5.74, 6) is -0.254. The number of alkyl carbamates (subject to hydrolysis) is 1. The molecule has 3 atom stereocenters. The molecule has 30 heavy (non-hydrogen) atoms. The first kappa shape index (κ1) is 26.6. The van der Waals surface area contributed by atoms with E-state index in [4.69, 9.17) is 13.8 Å². The molecule has 9 nitrogen and oxygen atoms in total. The van der Waals surface area contributed by atoms with E-state index >= 15 is 0 Å². The molecule has 0 fully saturated rings. The molecule has 0 aromatic heterocycles. The molecule has 10 heteroatoms. The van der Waals surface area contributed by atoms with Gasteiger partial charge in [0, 0.05) is 22.7 Å². The van der Waals surface area contributed by atoms with E-state index in [-0.39, 0.29) is 36.9 Å². The lowest BCUT2D eigenvalue weighted by Crippen LogP contribution is -2.49. The van der Waals surface area contributed by atoms with Crippen LogP contribution in [0.25, 0.3) is 0 Å². The molecular formula is C20H37N2O7P. The number of carbonyl (C=O) groups excluding carboxylic acids is 1. The Morgan fingerprint density at radius 3 is 2.30 bits per heavy atom. The molecule has 0 unspecified atom stereocenters. The Morgan fingerprint density at radius 1 is 1.30 bits per heavy atom. The summed E-state index contributed by atoms with van der Waals surface area (Å²) in [4.78, 5) is 23.9. The van der Waals surface area contributed by atoms with E-state index in [9.17, 15) is 19.5 Å². The van der Waals surface area contributed by atoms with Crippen molar-refractivity contribution in [3.63, 3.8) is 0 Å². The SMILES string of the molecule is CCOP(=O)(OCC)C1=CC[C@@H]([C@H](CC(C)C)NC(=O)OC(C)(C)C)[C@H]([N+](=O)[O-])C1. The number of amides is 1. The number of hydrogen-bond acceptors (Lipinski definition) is 7. The summed E-state index contributed by atoms with van der Waals surface area (Å²) in [6, 6.07) is -1.47. The lowest BCUT2D eigenvalue weighted by atomic mass is 9.80. The fourth-order valence-electron chi connectivity index (χ4n) is 3.62. The molecule has 1 aliphatic rings. The third-order valence-electron chi connectivity index (χ3n) is 4.70. The molecule has 0 aromatic rings. The van der Waals surface area contributed by atoms with Crippen LogP contribution in [-0.4, -0.2) is 41.9 Å². The third-order valence-corrected chi connectivity index (χ3v) is 6.97. The van der Waals surface area contributed by atoms with Gasteiger partial charge in [-0.2, -0.15) is 0 Å². The second-order valence-electron chi connectivity index (χ2n) is 8.87. The number of ether oxygens (including phenoxy) is 1. The highest BCUT2D eigenvalue weighted by Gasteiger charge is 2.45. The Balaban J connectivity index is 3.17. The predicted molar refractivity (Wildman–Crippen MR) is 115 cm³/mol. The Hall–Kier alpha value is -1.44. The minimum atomic E-state index is -3.57. The van der Waals surface area contributed by atoms with Crippen molar-refractivity contribution in [3.05, 3.63) is 21.5 Å². The van der Waals surface area contributed by atoms with Crippen molar-refractivity contribution in [2.24, 2.45) is 11.8 Å². The lowest BCUT2D eigenvalue weighted by molar-refractivity contribution is -0.533.